The molecule has 27 aromatic rings. The minimum atomic E-state index is 0.633. The molecule has 13 heteroatoms. The SMILES string of the molecule is C#CC.c1ccc(-c2cc(-c3cccc(-n4c5ccccc5c5cc6c(cc54)c4ccccc4n6-c4ccccc4)c3)nc(-c3ccccc3)n2)cc1.c1ccc(-c2nc(-c3ccccc3)nc(-c3cccc(-n4c5ccccc5c5cc6c(cc54)c4ccccc4n6-c4ccccc4)c3)n2)cc1.c1ccc(-n2c3ccccc3c3c4c5ccccc5n(-c5ccccn5)c4ccc32)nc1. The highest BCUT2D eigenvalue weighted by Gasteiger charge is 2.26. The van der Waals surface area contributed by atoms with Crippen LogP contribution in [0.3, 0.4) is 0 Å². The van der Waals surface area contributed by atoms with Crippen molar-refractivity contribution in [2.75, 3.05) is 0 Å². The number of para-hydroxylation sites is 8. The van der Waals surface area contributed by atoms with E-state index in [9.17, 15) is 0 Å². The van der Waals surface area contributed by atoms with Gasteiger partial charge in [-0.05, 0) is 159 Å². The van der Waals surface area contributed by atoms with Gasteiger partial charge in [-0.3, -0.25) is 9.13 Å². The third kappa shape index (κ3) is 14.1. The summed E-state index contributed by atoms with van der Waals surface area (Å²) in [7, 11) is 0. The standard InChI is InChI=1S/C46H30N4.C45H29N5.C28H18N4.C3H4/c1-4-15-31(16-5-1)40-30-41(48-46(47-40)32-17-6-2-7-18-32)33-19-14-22-35(27-33)50-43-26-13-11-24-37(43)39-28-44-38(29-45(39)50)36-23-10-12-25-42(36)49(44)34-20-8-3-9-21-34;1-4-15-30(16-5-1)43-46-44(31-17-6-2-7-18-31)48-45(47-43)32-19-14-22-34(27-32)50-40-26-13-11-24-36(40)38-28-41-37(29-42(38)50)35-23-10-12-25-39(35)49(41)33-20-8-3-9-21-33;1-3-11-21-19(9-1)27-23(31(21)25-13-5-7-17-29-25)15-16-24-28(27)20-10-2-4-12-22(20)32(24)26-14-6-8-18-30-26;1-3-2/h1-30H;1-29H;1-18H;1H,2H3. The van der Waals surface area contributed by atoms with E-state index >= 15 is 0 Å². The molecule has 0 saturated heterocycles. The molecule has 17 aromatic carbocycles. The van der Waals surface area contributed by atoms with Crippen LogP contribution in [0, 0.1) is 12.3 Å². The summed E-state index contributed by atoms with van der Waals surface area (Å²) in [6, 6.07) is 159. The van der Waals surface area contributed by atoms with Crippen molar-refractivity contribution in [3.05, 3.63) is 467 Å². The van der Waals surface area contributed by atoms with Gasteiger partial charge in [-0.1, -0.05) is 303 Å². The molecule has 0 aliphatic rings. The maximum Gasteiger partial charge on any atom is 0.164 e. The Hall–Kier alpha value is -18.5. The van der Waals surface area contributed by atoms with Crippen LogP contribution in [0.2, 0.25) is 0 Å². The zero-order chi connectivity index (χ0) is 89.8. The smallest absolute Gasteiger partial charge is 0.164 e. The van der Waals surface area contributed by atoms with Crippen LogP contribution in [0.25, 0.3) is 233 Å². The Morgan fingerprint density at radius 2 is 0.444 bits per heavy atom. The van der Waals surface area contributed by atoms with E-state index in [4.69, 9.17) is 24.9 Å². The van der Waals surface area contributed by atoms with Gasteiger partial charge in [0.25, 0.3) is 0 Å². The van der Waals surface area contributed by atoms with Gasteiger partial charge in [0.15, 0.2) is 23.3 Å². The van der Waals surface area contributed by atoms with Gasteiger partial charge in [0.05, 0.1) is 77.6 Å². The first-order valence-electron chi connectivity index (χ1n) is 45.2. The van der Waals surface area contributed by atoms with Gasteiger partial charge >= 0.3 is 0 Å². The first-order chi connectivity index (χ1) is 66.9. The van der Waals surface area contributed by atoms with Gasteiger partial charge in [0.2, 0.25) is 0 Å². The summed E-state index contributed by atoms with van der Waals surface area (Å²) >= 11 is 0. The summed E-state index contributed by atoms with van der Waals surface area (Å²) in [6.07, 6.45) is 8.29. The van der Waals surface area contributed by atoms with Crippen LogP contribution in [-0.2, 0) is 0 Å². The molecule has 0 bridgehead atoms. The normalized spacial score (nSPS) is 11.4. The molecule has 0 aliphatic carbocycles. The Labute approximate surface area is 777 Å². The molecular weight excluding hydrogens is 1650 g/mol. The van der Waals surface area contributed by atoms with E-state index in [-0.39, 0.29) is 0 Å². The van der Waals surface area contributed by atoms with Gasteiger partial charge in [0.1, 0.15) is 11.6 Å². The lowest BCUT2D eigenvalue weighted by atomic mass is 10.1. The largest absolute Gasteiger partial charge is 0.309 e. The van der Waals surface area contributed by atoms with Crippen molar-refractivity contribution in [3.8, 4) is 115 Å². The van der Waals surface area contributed by atoms with Crippen molar-refractivity contribution >= 4 is 131 Å². The topological polar surface area (TPSA) is 120 Å². The molecule has 0 unspecified atom stereocenters. The van der Waals surface area contributed by atoms with Crippen molar-refractivity contribution < 1.29 is 0 Å². The third-order valence-corrected chi connectivity index (χ3v) is 25.5. The number of pyridine rings is 2. The number of aromatic nitrogens is 13. The first-order valence-corrected chi connectivity index (χ1v) is 45.2. The lowest BCUT2D eigenvalue weighted by molar-refractivity contribution is 1.07. The lowest BCUT2D eigenvalue weighted by Gasteiger charge is -2.12. The maximum atomic E-state index is 5.13. The lowest BCUT2D eigenvalue weighted by Crippen LogP contribution is -2.01. The fraction of sp³-hybridized carbons (Fsp3) is 0.00820. The van der Waals surface area contributed by atoms with E-state index in [2.05, 4.69) is 395 Å². The van der Waals surface area contributed by atoms with Crippen molar-refractivity contribution in [2.45, 2.75) is 6.92 Å². The quantitative estimate of drug-likeness (QED) is 0.112. The van der Waals surface area contributed by atoms with E-state index in [1.807, 2.05) is 122 Å². The number of fused-ring (bicyclic) bond motifs is 19. The van der Waals surface area contributed by atoms with Gasteiger partial charge in [0, 0.05) is 133 Å². The number of terminal acetylenes is 1. The molecule has 0 amide bonds. The minimum Gasteiger partial charge on any atom is -0.309 e. The van der Waals surface area contributed by atoms with Crippen molar-refractivity contribution in [2.24, 2.45) is 0 Å². The number of hydrogen-bond acceptors (Lipinski definition) is 7. The zero-order valence-electron chi connectivity index (χ0n) is 73.3. The minimum absolute atomic E-state index is 0.633. The summed E-state index contributed by atoms with van der Waals surface area (Å²) in [5.74, 6) is 6.73. The summed E-state index contributed by atoms with van der Waals surface area (Å²) in [5.41, 5.74) is 26.2. The molecule has 135 heavy (non-hydrogen) atoms. The van der Waals surface area contributed by atoms with Crippen LogP contribution < -0.4 is 0 Å². The van der Waals surface area contributed by atoms with Crippen LogP contribution in [0.1, 0.15) is 6.92 Å². The molecule has 27 rings (SSSR count). The number of hydrogen-bond donors (Lipinski definition) is 0. The van der Waals surface area contributed by atoms with Crippen LogP contribution in [-0.4, -0.2) is 62.3 Å². The third-order valence-electron chi connectivity index (χ3n) is 25.5. The number of benzene rings is 17. The molecule has 0 aliphatic heterocycles. The molecular formula is C122H81N13. The fourth-order valence-corrected chi connectivity index (χ4v) is 19.7. The summed E-state index contributed by atoms with van der Waals surface area (Å²) < 4.78 is 14.1. The van der Waals surface area contributed by atoms with E-state index in [1.165, 1.54) is 97.7 Å². The molecule has 0 saturated carbocycles. The van der Waals surface area contributed by atoms with E-state index < -0.39 is 0 Å². The highest BCUT2D eigenvalue weighted by molar-refractivity contribution is 6.29. The summed E-state index contributed by atoms with van der Waals surface area (Å²) in [6.45, 7) is 1.65. The number of rotatable bonds is 12. The Kier molecular flexibility index (Phi) is 20.2. The highest BCUT2D eigenvalue weighted by Crippen LogP contribution is 2.46. The van der Waals surface area contributed by atoms with Gasteiger partial charge in [-0.15, -0.1) is 12.3 Å². The highest BCUT2D eigenvalue weighted by atomic mass is 15.1. The second kappa shape index (κ2) is 34.2. The molecule has 0 atom stereocenters. The Morgan fingerprint density at radius 3 is 0.800 bits per heavy atom. The van der Waals surface area contributed by atoms with E-state index in [0.29, 0.717) is 23.3 Å². The molecule has 13 nitrogen and oxygen atoms in total. The number of nitrogens with zero attached hydrogens (tertiary/aromatic N) is 13. The molecule has 10 heterocycles. The molecule has 634 valence electrons. The van der Waals surface area contributed by atoms with E-state index in [1.54, 1.807) is 6.92 Å². The maximum absolute atomic E-state index is 5.13. The predicted octanol–water partition coefficient (Wildman–Crippen LogP) is 30.0. The second-order valence-electron chi connectivity index (χ2n) is 33.4. The summed E-state index contributed by atoms with van der Waals surface area (Å²) in [4.78, 5) is 34.4. The molecule has 0 spiro atoms. The second-order valence-corrected chi connectivity index (χ2v) is 33.4. The summed E-state index contributed by atoms with van der Waals surface area (Å²) in [5, 5.41) is 14.7. The average Bonchev–Trinajstić information content (AvgIpc) is 1.55. The van der Waals surface area contributed by atoms with E-state index in [0.717, 1.165) is 112 Å². The van der Waals surface area contributed by atoms with Crippen molar-refractivity contribution in [1.29, 1.82) is 0 Å². The molecule has 0 fully saturated rings. The van der Waals surface area contributed by atoms with Crippen LogP contribution >= 0.6 is 0 Å². The van der Waals surface area contributed by atoms with Crippen LogP contribution in [0.4, 0.5) is 0 Å². The average molecular weight is 1730 g/mol. The van der Waals surface area contributed by atoms with Crippen LogP contribution in [0.15, 0.2) is 467 Å². The molecule has 0 radical (unpaired) electrons. The van der Waals surface area contributed by atoms with Gasteiger partial charge in [-0.2, -0.15) is 0 Å². The van der Waals surface area contributed by atoms with Crippen molar-refractivity contribution in [1.82, 2.24) is 62.3 Å². The predicted molar refractivity (Wildman–Crippen MR) is 557 cm³/mol. The van der Waals surface area contributed by atoms with Crippen molar-refractivity contribution in [3.63, 3.8) is 0 Å². The van der Waals surface area contributed by atoms with Crippen LogP contribution in [0.5, 0.6) is 0 Å². The Bertz CT molecular complexity index is 8590. The Balaban J connectivity index is 0.000000112. The zero-order valence-corrected chi connectivity index (χ0v) is 73.3. The fourth-order valence-electron chi connectivity index (χ4n) is 19.7. The van der Waals surface area contributed by atoms with Gasteiger partial charge in [-0.25, -0.2) is 34.9 Å². The first kappa shape index (κ1) is 79.9. The monoisotopic (exact) mass is 1730 g/mol. The molecule has 0 N–H and O–H groups in total. The van der Waals surface area contributed by atoms with Gasteiger partial charge < -0.3 is 18.3 Å². The molecule has 10 aromatic heterocycles. The Morgan fingerprint density at radius 1 is 0.185 bits per heavy atom.